The summed E-state index contributed by atoms with van der Waals surface area (Å²) in [5.41, 5.74) is 4.47. The molecule has 0 amide bonds. The fraction of sp³-hybridized carbons (Fsp3) is 0.214. The van der Waals surface area contributed by atoms with Crippen LogP contribution in [-0.2, 0) is 9.53 Å². The van der Waals surface area contributed by atoms with Crippen molar-refractivity contribution in [3.63, 3.8) is 0 Å². The molecule has 37 heavy (non-hydrogen) atoms. The number of para-hydroxylation sites is 1. The van der Waals surface area contributed by atoms with Crippen LogP contribution in [0.5, 0.6) is 0 Å². The zero-order valence-electron chi connectivity index (χ0n) is 20.9. The van der Waals surface area contributed by atoms with Crippen LogP contribution in [0, 0.1) is 19.7 Å². The number of fused-ring (bicyclic) bond motifs is 1. The fourth-order valence-electron chi connectivity index (χ4n) is 4.57. The Morgan fingerprint density at radius 3 is 2.49 bits per heavy atom. The van der Waals surface area contributed by atoms with Gasteiger partial charge in [0.2, 0.25) is 0 Å². The van der Waals surface area contributed by atoms with E-state index in [0.29, 0.717) is 20.6 Å². The van der Waals surface area contributed by atoms with Crippen LogP contribution in [0.25, 0.3) is 11.8 Å². The Balaban J connectivity index is 1.70. The van der Waals surface area contributed by atoms with Crippen LogP contribution in [-0.4, -0.2) is 26.9 Å². The van der Waals surface area contributed by atoms with E-state index in [2.05, 4.69) is 10.1 Å². The zero-order valence-corrected chi connectivity index (χ0v) is 21.7. The lowest BCUT2D eigenvalue weighted by Crippen LogP contribution is -2.40. The number of nitrogens with zero attached hydrogens (tertiary/aromatic N) is 4. The number of hydrogen-bond acceptors (Lipinski definition) is 6. The van der Waals surface area contributed by atoms with Crippen LogP contribution in [0.2, 0.25) is 0 Å². The average molecular weight is 517 g/mol. The molecule has 2 aromatic heterocycles. The summed E-state index contributed by atoms with van der Waals surface area (Å²) in [5.74, 6) is -0.959. The largest absolute Gasteiger partial charge is 0.463 e. The second-order valence-electron chi connectivity index (χ2n) is 8.69. The molecule has 0 unspecified atom stereocenters. The molecule has 0 saturated heterocycles. The molecule has 0 bridgehead atoms. The lowest BCUT2D eigenvalue weighted by molar-refractivity contribution is -0.139. The molecule has 9 heteroatoms. The standard InChI is InChI=1S/C28H25FN4O3S/c1-5-36-27(35)24-17(3)30-28-32(25(24)19-11-13-20(29)14-12-19)26(34)23(37-28)15-22-16(2)31-33(18(22)4)21-9-7-6-8-10-21/h6-15,25H,5H2,1-4H3/b23-15+/t25-/m0/s1. The van der Waals surface area contributed by atoms with Crippen molar-refractivity contribution < 1.29 is 13.9 Å². The third kappa shape index (κ3) is 4.35. The summed E-state index contributed by atoms with van der Waals surface area (Å²) in [4.78, 5) is 31.8. The number of aromatic nitrogens is 3. The van der Waals surface area contributed by atoms with Gasteiger partial charge in [-0.2, -0.15) is 5.10 Å². The van der Waals surface area contributed by atoms with Gasteiger partial charge in [0, 0.05) is 11.3 Å². The zero-order chi connectivity index (χ0) is 26.3. The van der Waals surface area contributed by atoms with Crippen molar-refractivity contribution in [2.75, 3.05) is 6.61 Å². The Hall–Kier alpha value is -4.11. The Labute approximate surface area is 216 Å². The molecule has 1 aliphatic heterocycles. The van der Waals surface area contributed by atoms with Crippen molar-refractivity contribution in [3.8, 4) is 5.69 Å². The van der Waals surface area contributed by atoms with Crippen LogP contribution >= 0.6 is 11.3 Å². The highest BCUT2D eigenvalue weighted by Gasteiger charge is 2.33. The molecule has 3 heterocycles. The van der Waals surface area contributed by atoms with Crippen LogP contribution in [0.3, 0.4) is 0 Å². The van der Waals surface area contributed by atoms with Crippen molar-refractivity contribution in [2.24, 2.45) is 4.99 Å². The summed E-state index contributed by atoms with van der Waals surface area (Å²) in [6.45, 7) is 7.48. The summed E-state index contributed by atoms with van der Waals surface area (Å²) < 4.78 is 22.8. The number of carbonyl (C=O) groups is 1. The quantitative estimate of drug-likeness (QED) is 0.379. The molecule has 4 aromatic rings. The monoisotopic (exact) mass is 516 g/mol. The minimum absolute atomic E-state index is 0.181. The SMILES string of the molecule is CCOC(=O)C1=C(C)N=c2s/c(=C/c3c(C)nn(-c4ccccc4)c3C)c(=O)n2[C@H]1c1ccc(F)cc1. The Bertz CT molecular complexity index is 1710. The molecule has 7 nitrogen and oxygen atoms in total. The Morgan fingerprint density at radius 2 is 1.81 bits per heavy atom. The van der Waals surface area contributed by atoms with Crippen LogP contribution in [0.4, 0.5) is 4.39 Å². The van der Waals surface area contributed by atoms with E-state index in [4.69, 9.17) is 4.74 Å². The van der Waals surface area contributed by atoms with Gasteiger partial charge < -0.3 is 4.74 Å². The van der Waals surface area contributed by atoms with Crippen molar-refractivity contribution in [2.45, 2.75) is 33.7 Å². The Kier molecular flexibility index (Phi) is 6.47. The third-order valence-corrected chi connectivity index (χ3v) is 7.31. The minimum atomic E-state index is -0.785. The number of hydrogen-bond donors (Lipinski definition) is 0. The summed E-state index contributed by atoms with van der Waals surface area (Å²) in [6.07, 6.45) is 1.83. The van der Waals surface area contributed by atoms with E-state index >= 15 is 0 Å². The molecule has 0 aliphatic carbocycles. The predicted octanol–water partition coefficient (Wildman–Crippen LogP) is 3.74. The van der Waals surface area contributed by atoms with E-state index in [0.717, 1.165) is 22.6 Å². The second-order valence-corrected chi connectivity index (χ2v) is 9.69. The summed E-state index contributed by atoms with van der Waals surface area (Å²) >= 11 is 1.24. The van der Waals surface area contributed by atoms with Crippen molar-refractivity contribution in [3.05, 3.63) is 114 Å². The summed E-state index contributed by atoms with van der Waals surface area (Å²) in [7, 11) is 0. The first-order valence-corrected chi connectivity index (χ1v) is 12.7. The van der Waals surface area contributed by atoms with E-state index in [9.17, 15) is 14.0 Å². The summed E-state index contributed by atoms with van der Waals surface area (Å²) in [6, 6.07) is 14.8. The number of aryl methyl sites for hydroxylation is 1. The topological polar surface area (TPSA) is 78.5 Å². The fourth-order valence-corrected chi connectivity index (χ4v) is 5.60. The summed E-state index contributed by atoms with van der Waals surface area (Å²) in [5, 5.41) is 4.68. The molecule has 0 saturated carbocycles. The van der Waals surface area contributed by atoms with Crippen molar-refractivity contribution in [1.82, 2.24) is 14.3 Å². The van der Waals surface area contributed by atoms with E-state index < -0.39 is 17.8 Å². The van der Waals surface area contributed by atoms with Gasteiger partial charge in [-0.05, 0) is 63.6 Å². The van der Waals surface area contributed by atoms with Crippen molar-refractivity contribution >= 4 is 23.4 Å². The molecule has 1 aliphatic rings. The molecule has 0 N–H and O–H groups in total. The first-order chi connectivity index (χ1) is 17.8. The lowest BCUT2D eigenvalue weighted by atomic mass is 9.96. The molecule has 0 spiro atoms. The number of thiazole rings is 1. The van der Waals surface area contributed by atoms with Gasteiger partial charge in [-0.15, -0.1) is 0 Å². The average Bonchev–Trinajstić information content (AvgIpc) is 3.34. The number of ether oxygens (including phenoxy) is 1. The first-order valence-electron chi connectivity index (χ1n) is 11.9. The van der Waals surface area contributed by atoms with Gasteiger partial charge in [-0.3, -0.25) is 9.36 Å². The highest BCUT2D eigenvalue weighted by atomic mass is 32.1. The molecule has 2 aromatic carbocycles. The van der Waals surface area contributed by atoms with E-state index in [1.807, 2.05) is 54.9 Å². The minimum Gasteiger partial charge on any atom is -0.463 e. The van der Waals surface area contributed by atoms with Crippen LogP contribution in [0.15, 0.2) is 75.7 Å². The molecule has 0 radical (unpaired) electrons. The number of rotatable bonds is 5. The highest BCUT2D eigenvalue weighted by molar-refractivity contribution is 7.07. The number of halogens is 1. The third-order valence-electron chi connectivity index (χ3n) is 6.33. The second kappa shape index (κ2) is 9.74. The van der Waals surface area contributed by atoms with Gasteiger partial charge in [0.25, 0.3) is 5.56 Å². The van der Waals surface area contributed by atoms with Crippen LogP contribution < -0.4 is 14.9 Å². The van der Waals surface area contributed by atoms with Crippen molar-refractivity contribution in [1.29, 1.82) is 0 Å². The number of allylic oxidation sites excluding steroid dienone is 1. The highest BCUT2D eigenvalue weighted by Crippen LogP contribution is 2.30. The molecular weight excluding hydrogens is 491 g/mol. The number of esters is 1. The lowest BCUT2D eigenvalue weighted by Gasteiger charge is -2.24. The van der Waals surface area contributed by atoms with Crippen LogP contribution in [0.1, 0.15) is 42.4 Å². The molecular formula is C28H25FN4O3S. The molecule has 0 fully saturated rings. The van der Waals surface area contributed by atoms with Gasteiger partial charge in [-0.1, -0.05) is 41.7 Å². The molecule has 188 valence electrons. The van der Waals surface area contributed by atoms with E-state index in [1.54, 1.807) is 26.0 Å². The normalized spacial score (nSPS) is 15.5. The maximum atomic E-state index is 13.8. The number of benzene rings is 2. The maximum Gasteiger partial charge on any atom is 0.338 e. The molecule has 1 atom stereocenters. The molecule has 5 rings (SSSR count). The first kappa shape index (κ1) is 24.6. The van der Waals surface area contributed by atoms with Gasteiger partial charge in [-0.25, -0.2) is 18.9 Å². The maximum absolute atomic E-state index is 13.8. The van der Waals surface area contributed by atoms with Gasteiger partial charge in [0.15, 0.2) is 4.80 Å². The van der Waals surface area contributed by atoms with Gasteiger partial charge in [0.1, 0.15) is 5.82 Å². The van der Waals surface area contributed by atoms with E-state index in [-0.39, 0.29) is 17.7 Å². The predicted molar refractivity (Wildman–Crippen MR) is 140 cm³/mol. The van der Waals surface area contributed by atoms with Gasteiger partial charge in [0.05, 0.1) is 39.8 Å². The Morgan fingerprint density at radius 1 is 1.11 bits per heavy atom. The number of carbonyl (C=O) groups excluding carboxylic acids is 1. The van der Waals surface area contributed by atoms with E-state index in [1.165, 1.54) is 28.0 Å². The smallest absolute Gasteiger partial charge is 0.338 e. The van der Waals surface area contributed by atoms with Gasteiger partial charge >= 0.3 is 5.97 Å².